The van der Waals surface area contributed by atoms with Crippen molar-refractivity contribution in [2.45, 2.75) is 31.9 Å². The van der Waals surface area contributed by atoms with E-state index in [1.54, 1.807) is 0 Å². The molecule has 1 aliphatic carbocycles. The number of aliphatic hydroxyl groups excluding tert-OH is 1. The summed E-state index contributed by atoms with van der Waals surface area (Å²) in [6.07, 6.45) is 2.37. The van der Waals surface area contributed by atoms with Crippen LogP contribution in [-0.4, -0.2) is 29.3 Å². The van der Waals surface area contributed by atoms with Crippen molar-refractivity contribution < 1.29 is 14.6 Å². The molecule has 130 valence electrons. The topological polar surface area (TPSA) is 49.8 Å². The van der Waals surface area contributed by atoms with Crippen LogP contribution in [0.15, 0.2) is 54.6 Å². The summed E-state index contributed by atoms with van der Waals surface area (Å²) >= 11 is 0. The van der Waals surface area contributed by atoms with Crippen LogP contribution in [0.25, 0.3) is 0 Å². The van der Waals surface area contributed by atoms with Crippen LogP contribution >= 0.6 is 0 Å². The van der Waals surface area contributed by atoms with Gasteiger partial charge in [0, 0.05) is 12.0 Å². The largest absolute Gasteiger partial charge is 0.445 e. The predicted molar refractivity (Wildman–Crippen MR) is 95.0 cm³/mol. The van der Waals surface area contributed by atoms with Crippen molar-refractivity contribution in [1.29, 1.82) is 0 Å². The number of benzene rings is 2. The standard InChI is InChI=1S/C21H23NO3/c23-15-21-11-6-12-22(19(21)18-10-5-4-9-17(18)13-21)20(24)25-14-16-7-2-1-3-8-16/h1-5,7-10,19,23H,6,11-15H2/t19-,21+/m0/s1. The Kier molecular flexibility index (Phi) is 4.22. The van der Waals surface area contributed by atoms with E-state index in [1.165, 1.54) is 5.56 Å². The number of fused-ring (bicyclic) bond motifs is 3. The van der Waals surface area contributed by atoms with Crippen molar-refractivity contribution >= 4 is 6.09 Å². The molecule has 1 amide bonds. The Labute approximate surface area is 148 Å². The van der Waals surface area contributed by atoms with Crippen LogP contribution in [0.1, 0.15) is 35.6 Å². The van der Waals surface area contributed by atoms with Gasteiger partial charge >= 0.3 is 6.09 Å². The number of nitrogens with zero attached hydrogens (tertiary/aromatic N) is 1. The zero-order valence-electron chi connectivity index (χ0n) is 14.2. The first-order valence-corrected chi connectivity index (χ1v) is 8.89. The Balaban J connectivity index is 1.57. The van der Waals surface area contributed by atoms with Gasteiger partial charge in [0.25, 0.3) is 0 Å². The number of aliphatic hydroxyl groups is 1. The fourth-order valence-corrected chi connectivity index (χ4v) is 4.44. The molecule has 4 heteroatoms. The van der Waals surface area contributed by atoms with Crippen molar-refractivity contribution in [2.75, 3.05) is 13.2 Å². The molecule has 0 aromatic heterocycles. The number of amides is 1. The molecule has 1 aliphatic heterocycles. The van der Waals surface area contributed by atoms with E-state index in [4.69, 9.17) is 4.74 Å². The van der Waals surface area contributed by atoms with Crippen LogP contribution in [0.3, 0.4) is 0 Å². The molecular weight excluding hydrogens is 314 g/mol. The Bertz CT molecular complexity index is 761. The van der Waals surface area contributed by atoms with E-state index >= 15 is 0 Å². The fraction of sp³-hybridized carbons (Fsp3) is 0.381. The van der Waals surface area contributed by atoms with E-state index in [0.717, 1.165) is 30.4 Å². The summed E-state index contributed by atoms with van der Waals surface area (Å²) in [5, 5.41) is 10.2. The smallest absolute Gasteiger partial charge is 0.410 e. The quantitative estimate of drug-likeness (QED) is 0.929. The van der Waals surface area contributed by atoms with Gasteiger partial charge in [0.05, 0.1) is 12.6 Å². The van der Waals surface area contributed by atoms with E-state index in [1.807, 2.05) is 47.4 Å². The highest BCUT2D eigenvalue weighted by molar-refractivity contribution is 5.69. The highest BCUT2D eigenvalue weighted by atomic mass is 16.6. The number of carbonyl (C=O) groups is 1. The third-order valence-electron chi connectivity index (χ3n) is 5.61. The average Bonchev–Trinajstić information content (AvgIpc) is 3.02. The molecule has 0 spiro atoms. The minimum Gasteiger partial charge on any atom is -0.445 e. The SMILES string of the molecule is O=C(OCc1ccccc1)N1CCC[C@]2(CO)Cc3ccccc3[C@H]12. The zero-order valence-corrected chi connectivity index (χ0v) is 14.2. The average molecular weight is 337 g/mol. The fourth-order valence-electron chi connectivity index (χ4n) is 4.44. The molecule has 1 saturated heterocycles. The Hall–Kier alpha value is -2.33. The predicted octanol–water partition coefficient (Wildman–Crippen LogP) is 3.70. The molecular formula is C21H23NO3. The lowest BCUT2D eigenvalue weighted by molar-refractivity contribution is -0.0177. The molecule has 0 bridgehead atoms. The van der Waals surface area contributed by atoms with E-state index < -0.39 is 0 Å². The number of hydrogen-bond donors (Lipinski definition) is 1. The van der Waals surface area contributed by atoms with Gasteiger partial charge in [-0.15, -0.1) is 0 Å². The molecule has 2 aromatic carbocycles. The van der Waals surface area contributed by atoms with Gasteiger partial charge in [0.15, 0.2) is 0 Å². The molecule has 1 heterocycles. The van der Waals surface area contributed by atoms with Gasteiger partial charge in [-0.25, -0.2) is 4.79 Å². The van der Waals surface area contributed by atoms with Crippen molar-refractivity contribution in [3.05, 3.63) is 71.3 Å². The van der Waals surface area contributed by atoms with E-state index in [-0.39, 0.29) is 30.8 Å². The molecule has 1 fully saturated rings. The number of rotatable bonds is 3. The Morgan fingerprint density at radius 3 is 2.72 bits per heavy atom. The maximum atomic E-state index is 12.8. The first-order valence-electron chi connectivity index (χ1n) is 8.89. The number of ether oxygens (including phenoxy) is 1. The lowest BCUT2D eigenvalue weighted by atomic mass is 9.74. The highest BCUT2D eigenvalue weighted by Gasteiger charge is 2.52. The molecule has 25 heavy (non-hydrogen) atoms. The van der Waals surface area contributed by atoms with Crippen molar-refractivity contribution in [1.82, 2.24) is 4.90 Å². The van der Waals surface area contributed by atoms with Gasteiger partial charge in [-0.05, 0) is 36.0 Å². The first kappa shape index (κ1) is 16.2. The third-order valence-corrected chi connectivity index (χ3v) is 5.61. The lowest BCUT2D eigenvalue weighted by Crippen LogP contribution is -2.48. The second kappa shape index (κ2) is 6.52. The van der Waals surface area contributed by atoms with Crippen molar-refractivity contribution in [3.8, 4) is 0 Å². The van der Waals surface area contributed by atoms with Crippen LogP contribution in [0.2, 0.25) is 0 Å². The van der Waals surface area contributed by atoms with E-state index in [9.17, 15) is 9.90 Å². The zero-order chi connectivity index (χ0) is 17.3. The van der Waals surface area contributed by atoms with Gasteiger partial charge in [-0.2, -0.15) is 0 Å². The van der Waals surface area contributed by atoms with Gasteiger partial charge in [0.1, 0.15) is 6.61 Å². The number of likely N-dealkylation sites (tertiary alicyclic amines) is 1. The van der Waals surface area contributed by atoms with Crippen LogP contribution in [0.5, 0.6) is 0 Å². The minimum atomic E-state index is -0.289. The summed E-state index contributed by atoms with van der Waals surface area (Å²) in [6.45, 7) is 1.04. The maximum Gasteiger partial charge on any atom is 0.410 e. The molecule has 0 saturated carbocycles. The summed E-state index contributed by atoms with van der Waals surface area (Å²) in [7, 11) is 0. The summed E-state index contributed by atoms with van der Waals surface area (Å²) in [5.41, 5.74) is 3.11. The molecule has 4 nitrogen and oxygen atoms in total. The second-order valence-electron chi connectivity index (χ2n) is 7.14. The van der Waals surface area contributed by atoms with Crippen molar-refractivity contribution in [3.63, 3.8) is 0 Å². The monoisotopic (exact) mass is 337 g/mol. The molecule has 2 aliphatic rings. The lowest BCUT2D eigenvalue weighted by Gasteiger charge is -2.45. The third kappa shape index (κ3) is 2.81. The Morgan fingerprint density at radius 2 is 1.92 bits per heavy atom. The normalized spacial score (nSPS) is 24.5. The van der Waals surface area contributed by atoms with Gasteiger partial charge in [-0.1, -0.05) is 54.6 Å². The van der Waals surface area contributed by atoms with E-state index in [2.05, 4.69) is 12.1 Å². The van der Waals surface area contributed by atoms with Crippen LogP contribution in [0.4, 0.5) is 4.79 Å². The molecule has 2 atom stereocenters. The van der Waals surface area contributed by atoms with Gasteiger partial charge < -0.3 is 14.7 Å². The van der Waals surface area contributed by atoms with Crippen molar-refractivity contribution in [2.24, 2.45) is 5.41 Å². The van der Waals surface area contributed by atoms with Gasteiger partial charge in [-0.3, -0.25) is 0 Å². The first-order chi connectivity index (χ1) is 12.2. The summed E-state index contributed by atoms with van der Waals surface area (Å²) in [5.74, 6) is 0. The summed E-state index contributed by atoms with van der Waals surface area (Å²) in [6, 6.07) is 17.9. The number of hydrogen-bond acceptors (Lipinski definition) is 3. The van der Waals surface area contributed by atoms with Crippen LogP contribution in [-0.2, 0) is 17.8 Å². The molecule has 0 unspecified atom stereocenters. The van der Waals surface area contributed by atoms with E-state index in [0.29, 0.717) is 6.54 Å². The van der Waals surface area contributed by atoms with Crippen LogP contribution in [0, 0.1) is 5.41 Å². The molecule has 1 N–H and O–H groups in total. The van der Waals surface area contributed by atoms with Gasteiger partial charge in [0.2, 0.25) is 0 Å². The summed E-state index contributed by atoms with van der Waals surface area (Å²) < 4.78 is 5.59. The molecule has 2 aromatic rings. The Morgan fingerprint density at radius 1 is 1.16 bits per heavy atom. The number of piperidine rings is 1. The van der Waals surface area contributed by atoms with Crippen LogP contribution < -0.4 is 0 Å². The molecule has 0 radical (unpaired) electrons. The molecule has 4 rings (SSSR count). The second-order valence-corrected chi connectivity index (χ2v) is 7.14. The maximum absolute atomic E-state index is 12.8. The number of carbonyl (C=O) groups excluding carboxylic acids is 1. The summed E-state index contributed by atoms with van der Waals surface area (Å²) in [4.78, 5) is 14.6. The minimum absolute atomic E-state index is 0.0919. The highest BCUT2D eigenvalue weighted by Crippen LogP contribution is 2.54.